The first-order valence-corrected chi connectivity index (χ1v) is 5.55. The molecule has 1 atom stereocenters. The van der Waals surface area contributed by atoms with E-state index in [1.165, 1.54) is 0 Å². The first-order valence-electron chi connectivity index (χ1n) is 4.02. The third-order valence-corrected chi connectivity index (χ3v) is 2.01. The van der Waals surface area contributed by atoms with Crippen LogP contribution >= 0.6 is 22.6 Å². The number of hydrogen-bond acceptors (Lipinski definition) is 4. The van der Waals surface area contributed by atoms with Crippen molar-refractivity contribution in [2.45, 2.75) is 32.4 Å². The summed E-state index contributed by atoms with van der Waals surface area (Å²) in [4.78, 5) is 21.6. The Morgan fingerprint density at radius 3 is 2.29 bits per heavy atom. The highest BCUT2D eigenvalue weighted by molar-refractivity contribution is 14.1. The number of aliphatic carboxylic acids is 1. The molecule has 1 unspecified atom stereocenters. The SMILES string of the molecule is CC(C)(C)OC(=O)NC(CI)C(=O)[O-]. The van der Waals surface area contributed by atoms with Crippen LogP contribution in [0.15, 0.2) is 0 Å². The predicted octanol–water partition coefficient (Wildman–Crippen LogP) is 0.0646. The van der Waals surface area contributed by atoms with Gasteiger partial charge in [-0.15, -0.1) is 0 Å². The normalized spacial score (nSPS) is 13.1. The smallest absolute Gasteiger partial charge is 0.408 e. The number of ether oxygens (including phenoxy) is 1. The molecule has 5 nitrogen and oxygen atoms in total. The van der Waals surface area contributed by atoms with E-state index in [2.05, 4.69) is 5.32 Å². The number of carboxylic acid groups (broad SMARTS) is 1. The molecule has 1 amide bonds. The minimum Gasteiger partial charge on any atom is -0.548 e. The molecule has 0 aromatic heterocycles. The highest BCUT2D eigenvalue weighted by Crippen LogP contribution is 2.06. The summed E-state index contributed by atoms with van der Waals surface area (Å²) in [5.74, 6) is -1.31. The van der Waals surface area contributed by atoms with E-state index in [0.29, 0.717) is 0 Å². The number of carbonyl (C=O) groups excluding carboxylic acids is 2. The molecule has 0 saturated heterocycles. The summed E-state index contributed by atoms with van der Waals surface area (Å²) < 4.78 is 5.11. The number of carbonyl (C=O) groups is 2. The van der Waals surface area contributed by atoms with Crippen molar-refractivity contribution < 1.29 is 19.4 Å². The van der Waals surface area contributed by atoms with E-state index in [0.717, 1.165) is 0 Å². The van der Waals surface area contributed by atoms with E-state index in [9.17, 15) is 14.7 Å². The first-order chi connectivity index (χ1) is 6.26. The maximum absolute atomic E-state index is 11.1. The van der Waals surface area contributed by atoms with Gasteiger partial charge < -0.3 is 20.0 Å². The quantitative estimate of drug-likeness (QED) is 0.590. The number of nitrogens with one attached hydrogen (secondary N) is 1. The fourth-order valence-corrected chi connectivity index (χ4v) is 1.19. The van der Waals surface area contributed by atoms with Gasteiger partial charge in [-0.2, -0.15) is 0 Å². The highest BCUT2D eigenvalue weighted by atomic mass is 127. The Bertz CT molecular complexity index is 224. The molecule has 0 heterocycles. The van der Waals surface area contributed by atoms with Crippen LogP contribution in [0, 0.1) is 0 Å². The molecular weight excluding hydrogens is 301 g/mol. The van der Waals surface area contributed by atoms with Gasteiger partial charge in [-0.05, 0) is 20.8 Å². The van der Waals surface area contributed by atoms with E-state index < -0.39 is 23.7 Å². The van der Waals surface area contributed by atoms with E-state index in [4.69, 9.17) is 4.74 Å². The molecule has 1 N–H and O–H groups in total. The Labute approximate surface area is 96.3 Å². The lowest BCUT2D eigenvalue weighted by atomic mass is 10.2. The van der Waals surface area contributed by atoms with Crippen LogP contribution in [-0.2, 0) is 9.53 Å². The van der Waals surface area contributed by atoms with Gasteiger partial charge >= 0.3 is 6.09 Å². The molecular formula is C8H13INO4-. The first kappa shape index (κ1) is 13.5. The Morgan fingerprint density at radius 1 is 1.50 bits per heavy atom. The molecule has 0 radical (unpaired) electrons. The average molecular weight is 314 g/mol. The van der Waals surface area contributed by atoms with Crippen LogP contribution in [0.2, 0.25) is 0 Å². The average Bonchev–Trinajstić information content (AvgIpc) is 1.96. The zero-order valence-electron chi connectivity index (χ0n) is 8.30. The minimum absolute atomic E-state index is 0.235. The van der Waals surface area contributed by atoms with Gasteiger partial charge in [0.1, 0.15) is 5.60 Å². The Balaban J connectivity index is 4.11. The molecule has 82 valence electrons. The van der Waals surface area contributed by atoms with E-state index in [1.807, 2.05) is 22.6 Å². The molecule has 0 aromatic rings. The third-order valence-electron chi connectivity index (χ3n) is 1.13. The molecule has 0 bridgehead atoms. The number of halogens is 1. The van der Waals surface area contributed by atoms with Crippen LogP contribution in [-0.4, -0.2) is 28.1 Å². The van der Waals surface area contributed by atoms with E-state index in [1.54, 1.807) is 20.8 Å². The molecule has 0 saturated carbocycles. The van der Waals surface area contributed by atoms with Crippen LogP contribution in [0.1, 0.15) is 20.8 Å². The summed E-state index contributed by atoms with van der Waals surface area (Å²) >= 11 is 1.84. The second-order valence-corrected chi connectivity index (χ2v) is 4.55. The number of alkyl carbamates (subject to hydrolysis) is 1. The molecule has 0 aliphatic heterocycles. The van der Waals surface area contributed by atoms with Crippen molar-refractivity contribution in [3.63, 3.8) is 0 Å². The lowest BCUT2D eigenvalue weighted by Crippen LogP contribution is -2.50. The number of carboxylic acids is 1. The molecule has 0 fully saturated rings. The van der Waals surface area contributed by atoms with Crippen molar-refractivity contribution in [3.8, 4) is 0 Å². The summed E-state index contributed by atoms with van der Waals surface area (Å²) in [7, 11) is 0. The van der Waals surface area contributed by atoms with Gasteiger partial charge in [0.2, 0.25) is 0 Å². The molecule has 14 heavy (non-hydrogen) atoms. The standard InChI is InChI=1S/C8H14INO4/c1-8(2,3)14-7(13)10-5(4-9)6(11)12/h5H,4H2,1-3H3,(H,10,13)(H,11,12)/p-1. The fraction of sp³-hybridized carbons (Fsp3) is 0.750. The lowest BCUT2D eigenvalue weighted by Gasteiger charge is -2.23. The summed E-state index contributed by atoms with van der Waals surface area (Å²) in [6.07, 6.45) is -0.747. The lowest BCUT2D eigenvalue weighted by molar-refractivity contribution is -0.307. The molecule has 0 rings (SSSR count). The van der Waals surface area contributed by atoms with Gasteiger partial charge in [0.05, 0.1) is 12.0 Å². The molecule has 6 heteroatoms. The fourth-order valence-electron chi connectivity index (χ4n) is 0.610. The highest BCUT2D eigenvalue weighted by Gasteiger charge is 2.19. The predicted molar refractivity (Wildman–Crippen MR) is 57.1 cm³/mol. The van der Waals surface area contributed by atoms with Crippen molar-refractivity contribution in [3.05, 3.63) is 0 Å². The summed E-state index contributed by atoms with van der Waals surface area (Å²) in [6.45, 7) is 5.10. The molecule has 0 aliphatic carbocycles. The number of amides is 1. The maximum Gasteiger partial charge on any atom is 0.408 e. The second-order valence-electron chi connectivity index (χ2n) is 3.67. The van der Waals surface area contributed by atoms with Gasteiger partial charge in [0.25, 0.3) is 0 Å². The van der Waals surface area contributed by atoms with Crippen molar-refractivity contribution in [2.75, 3.05) is 4.43 Å². The molecule has 0 aliphatic rings. The van der Waals surface area contributed by atoms with Gasteiger partial charge in [0.15, 0.2) is 0 Å². The zero-order valence-corrected chi connectivity index (χ0v) is 10.5. The topological polar surface area (TPSA) is 78.5 Å². The van der Waals surface area contributed by atoms with Crippen molar-refractivity contribution in [2.24, 2.45) is 0 Å². The van der Waals surface area contributed by atoms with Crippen molar-refractivity contribution in [1.29, 1.82) is 0 Å². The zero-order chi connectivity index (χ0) is 11.4. The summed E-state index contributed by atoms with van der Waals surface area (Å²) in [6, 6.07) is -1.01. The number of rotatable bonds is 3. The van der Waals surface area contributed by atoms with Crippen LogP contribution in [0.4, 0.5) is 4.79 Å². The largest absolute Gasteiger partial charge is 0.548 e. The van der Waals surface area contributed by atoms with Gasteiger partial charge in [-0.25, -0.2) is 4.79 Å². The van der Waals surface area contributed by atoms with Gasteiger partial charge in [0, 0.05) is 4.43 Å². The Kier molecular flexibility index (Phi) is 5.17. The molecule has 0 aromatic carbocycles. The minimum atomic E-state index is -1.31. The Morgan fingerprint density at radius 2 is 2.00 bits per heavy atom. The van der Waals surface area contributed by atoms with Crippen LogP contribution in [0.25, 0.3) is 0 Å². The third kappa shape index (κ3) is 6.01. The summed E-state index contributed by atoms with van der Waals surface area (Å²) in [5, 5.41) is 12.6. The van der Waals surface area contributed by atoms with E-state index >= 15 is 0 Å². The van der Waals surface area contributed by atoms with Crippen LogP contribution in [0.3, 0.4) is 0 Å². The molecule has 0 spiro atoms. The summed E-state index contributed by atoms with van der Waals surface area (Å²) in [5.41, 5.74) is -0.633. The van der Waals surface area contributed by atoms with Crippen LogP contribution < -0.4 is 10.4 Å². The number of alkyl halides is 1. The van der Waals surface area contributed by atoms with Gasteiger partial charge in [-0.3, -0.25) is 0 Å². The van der Waals surface area contributed by atoms with E-state index in [-0.39, 0.29) is 4.43 Å². The number of hydrogen-bond donors (Lipinski definition) is 1. The van der Waals surface area contributed by atoms with Crippen LogP contribution in [0.5, 0.6) is 0 Å². The monoisotopic (exact) mass is 314 g/mol. The van der Waals surface area contributed by atoms with Crippen molar-refractivity contribution in [1.82, 2.24) is 5.32 Å². The second kappa shape index (κ2) is 5.38. The van der Waals surface area contributed by atoms with Gasteiger partial charge in [-0.1, -0.05) is 22.6 Å². The maximum atomic E-state index is 11.1. The van der Waals surface area contributed by atoms with Crippen molar-refractivity contribution >= 4 is 34.7 Å². The Hall–Kier alpha value is -0.530.